The number of halogens is 1. The molecular formula is C26H28ClN3O4S. The predicted molar refractivity (Wildman–Crippen MR) is 140 cm³/mol. The Hall–Kier alpha value is -2.97. The highest BCUT2D eigenvalue weighted by Gasteiger charge is 2.38. The highest BCUT2D eigenvalue weighted by atomic mass is 35.5. The molecule has 7 nitrogen and oxygen atoms in total. The maximum absolute atomic E-state index is 13.0. The van der Waals surface area contributed by atoms with E-state index in [1.165, 1.54) is 0 Å². The summed E-state index contributed by atoms with van der Waals surface area (Å²) in [6.45, 7) is 6.22. The molecule has 0 spiro atoms. The second kappa shape index (κ2) is 11.2. The number of carbonyl (C=O) groups is 2. The van der Waals surface area contributed by atoms with Crippen molar-refractivity contribution in [3.05, 3.63) is 70.4 Å². The van der Waals surface area contributed by atoms with Crippen LogP contribution in [-0.4, -0.2) is 47.0 Å². The van der Waals surface area contributed by atoms with Crippen molar-refractivity contribution in [3.63, 3.8) is 0 Å². The third-order valence-corrected chi connectivity index (χ3v) is 6.84. The second-order valence-corrected chi connectivity index (χ2v) is 10.1. The molecule has 2 aromatic rings. The van der Waals surface area contributed by atoms with Crippen molar-refractivity contribution in [3.8, 4) is 5.75 Å². The molecule has 0 aliphatic carbocycles. The van der Waals surface area contributed by atoms with E-state index in [0.717, 1.165) is 29.4 Å². The summed E-state index contributed by atoms with van der Waals surface area (Å²) in [5.74, 6) is 0.947. The number of amidine groups is 1. The van der Waals surface area contributed by atoms with Crippen molar-refractivity contribution in [2.45, 2.75) is 39.3 Å². The van der Waals surface area contributed by atoms with Gasteiger partial charge in [0.15, 0.2) is 11.8 Å². The van der Waals surface area contributed by atoms with Gasteiger partial charge in [-0.2, -0.15) is 0 Å². The SMILES string of the molecule is CC1=C(C(=O)OC(C)C)C(c2ccc(NC(=O)COc3ccc(Cl)cc3)cc2)N2CCCSC2=N1. The Morgan fingerprint density at radius 1 is 1.17 bits per heavy atom. The third kappa shape index (κ3) is 6.18. The van der Waals surface area contributed by atoms with Gasteiger partial charge in [-0.05, 0) is 69.2 Å². The lowest BCUT2D eigenvalue weighted by Gasteiger charge is -2.40. The van der Waals surface area contributed by atoms with Crippen molar-refractivity contribution >= 4 is 46.1 Å². The van der Waals surface area contributed by atoms with E-state index in [1.807, 2.05) is 45.0 Å². The zero-order valence-electron chi connectivity index (χ0n) is 19.9. The Morgan fingerprint density at radius 3 is 2.57 bits per heavy atom. The van der Waals surface area contributed by atoms with Crippen molar-refractivity contribution < 1.29 is 19.1 Å². The first-order chi connectivity index (χ1) is 16.8. The molecule has 0 bridgehead atoms. The molecule has 35 heavy (non-hydrogen) atoms. The van der Waals surface area contributed by atoms with E-state index in [4.69, 9.17) is 26.1 Å². The molecule has 1 amide bonds. The standard InChI is InChI=1S/C26H28ClN3O4S/c1-16(2)34-25(32)23-17(3)28-26-30(13-4-14-35-26)24(23)18-5-9-20(10-6-18)29-22(31)15-33-21-11-7-19(27)8-12-21/h5-12,16,24H,4,13-15H2,1-3H3,(H,29,31). The normalized spacial score (nSPS) is 17.6. The molecule has 9 heteroatoms. The number of allylic oxidation sites excluding steroid dienone is 1. The number of fused-ring (bicyclic) bond motifs is 1. The highest BCUT2D eigenvalue weighted by molar-refractivity contribution is 8.13. The van der Waals surface area contributed by atoms with E-state index < -0.39 is 0 Å². The summed E-state index contributed by atoms with van der Waals surface area (Å²) < 4.78 is 11.1. The molecule has 2 heterocycles. The van der Waals surface area contributed by atoms with Gasteiger partial charge in [0.2, 0.25) is 0 Å². The maximum atomic E-state index is 13.0. The monoisotopic (exact) mass is 513 g/mol. The highest BCUT2D eigenvalue weighted by Crippen LogP contribution is 2.40. The molecule has 184 valence electrons. The summed E-state index contributed by atoms with van der Waals surface area (Å²) in [6, 6.07) is 14.1. The molecule has 1 unspecified atom stereocenters. The zero-order valence-corrected chi connectivity index (χ0v) is 21.5. The number of aliphatic imine (C=N–C) groups is 1. The Kier molecular flexibility index (Phi) is 8.03. The first-order valence-electron chi connectivity index (χ1n) is 11.5. The molecular weight excluding hydrogens is 486 g/mol. The van der Waals surface area contributed by atoms with Gasteiger partial charge in [-0.1, -0.05) is 35.5 Å². The molecule has 2 aromatic carbocycles. The van der Waals surface area contributed by atoms with Gasteiger partial charge in [-0.15, -0.1) is 0 Å². The fourth-order valence-corrected chi connectivity index (χ4v) is 5.13. The lowest BCUT2D eigenvalue weighted by atomic mass is 9.94. The molecule has 0 saturated carbocycles. The summed E-state index contributed by atoms with van der Waals surface area (Å²) in [5, 5.41) is 4.37. The van der Waals surface area contributed by atoms with E-state index in [-0.39, 0.29) is 30.6 Å². The average Bonchev–Trinajstić information content (AvgIpc) is 2.83. The number of benzene rings is 2. The predicted octanol–water partition coefficient (Wildman–Crippen LogP) is 5.43. The minimum atomic E-state index is -0.349. The van der Waals surface area contributed by atoms with Gasteiger partial charge in [0.05, 0.1) is 23.4 Å². The van der Waals surface area contributed by atoms with Crippen LogP contribution in [0.3, 0.4) is 0 Å². The number of rotatable bonds is 7. The lowest BCUT2D eigenvalue weighted by Crippen LogP contribution is -2.42. The van der Waals surface area contributed by atoms with E-state index in [2.05, 4.69) is 10.2 Å². The molecule has 1 saturated heterocycles. The molecule has 1 N–H and O–H groups in total. The quantitative estimate of drug-likeness (QED) is 0.497. The van der Waals surface area contributed by atoms with Gasteiger partial charge in [-0.25, -0.2) is 9.79 Å². The molecule has 0 radical (unpaired) electrons. The minimum Gasteiger partial charge on any atom is -0.484 e. The van der Waals surface area contributed by atoms with Crippen LogP contribution < -0.4 is 10.1 Å². The number of hydrogen-bond acceptors (Lipinski definition) is 7. The fraction of sp³-hybridized carbons (Fsp3) is 0.346. The van der Waals surface area contributed by atoms with Crippen LogP contribution >= 0.6 is 23.4 Å². The minimum absolute atomic E-state index is 0.121. The van der Waals surface area contributed by atoms with Crippen molar-refractivity contribution in [2.24, 2.45) is 4.99 Å². The number of thioether (sulfide) groups is 1. The average molecular weight is 514 g/mol. The van der Waals surface area contributed by atoms with Gasteiger partial charge < -0.3 is 19.7 Å². The summed E-state index contributed by atoms with van der Waals surface area (Å²) in [6.07, 6.45) is 0.783. The van der Waals surface area contributed by atoms with Gasteiger partial charge in [0, 0.05) is 23.0 Å². The molecule has 4 rings (SSSR count). The number of nitrogens with one attached hydrogen (secondary N) is 1. The number of amides is 1. The topological polar surface area (TPSA) is 80.2 Å². The summed E-state index contributed by atoms with van der Waals surface area (Å²) in [4.78, 5) is 32.3. The van der Waals surface area contributed by atoms with Crippen LogP contribution in [0.4, 0.5) is 5.69 Å². The zero-order chi connectivity index (χ0) is 24.9. The number of carbonyl (C=O) groups excluding carboxylic acids is 2. The Morgan fingerprint density at radius 2 is 1.89 bits per heavy atom. The Bertz CT molecular complexity index is 1150. The number of nitrogens with zero attached hydrogens (tertiary/aromatic N) is 2. The van der Waals surface area contributed by atoms with Gasteiger partial charge in [0.25, 0.3) is 5.91 Å². The van der Waals surface area contributed by atoms with Crippen LogP contribution in [0.15, 0.2) is 64.8 Å². The number of ether oxygens (including phenoxy) is 2. The van der Waals surface area contributed by atoms with Crippen LogP contribution in [0.25, 0.3) is 0 Å². The van der Waals surface area contributed by atoms with Crippen LogP contribution in [0.5, 0.6) is 5.75 Å². The molecule has 1 fully saturated rings. The Labute approximate surface area is 214 Å². The van der Waals surface area contributed by atoms with Crippen molar-refractivity contribution in [1.82, 2.24) is 4.90 Å². The molecule has 2 aliphatic heterocycles. The van der Waals surface area contributed by atoms with E-state index in [9.17, 15) is 9.59 Å². The van der Waals surface area contributed by atoms with Crippen molar-refractivity contribution in [1.29, 1.82) is 0 Å². The molecule has 0 aromatic heterocycles. The van der Waals surface area contributed by atoms with Crippen LogP contribution in [-0.2, 0) is 14.3 Å². The number of hydrogen-bond donors (Lipinski definition) is 1. The first-order valence-corrected chi connectivity index (χ1v) is 12.9. The lowest BCUT2D eigenvalue weighted by molar-refractivity contribution is -0.143. The van der Waals surface area contributed by atoms with Crippen LogP contribution in [0.1, 0.15) is 38.8 Å². The van der Waals surface area contributed by atoms with E-state index in [0.29, 0.717) is 27.7 Å². The van der Waals surface area contributed by atoms with Gasteiger partial charge in [0.1, 0.15) is 5.75 Å². The van der Waals surface area contributed by atoms with Crippen molar-refractivity contribution in [2.75, 3.05) is 24.2 Å². The van der Waals surface area contributed by atoms with Crippen LogP contribution in [0, 0.1) is 0 Å². The fourth-order valence-electron chi connectivity index (χ4n) is 3.98. The number of esters is 1. The number of anilines is 1. The van der Waals surface area contributed by atoms with Gasteiger partial charge in [-0.3, -0.25) is 4.79 Å². The third-order valence-electron chi connectivity index (χ3n) is 5.51. The largest absolute Gasteiger partial charge is 0.484 e. The van der Waals surface area contributed by atoms with Gasteiger partial charge >= 0.3 is 5.97 Å². The van der Waals surface area contributed by atoms with E-state index >= 15 is 0 Å². The van der Waals surface area contributed by atoms with E-state index in [1.54, 1.807) is 36.0 Å². The van der Waals surface area contributed by atoms with Crippen LogP contribution in [0.2, 0.25) is 5.02 Å². The first kappa shape index (κ1) is 25.1. The molecule has 1 atom stereocenters. The summed E-state index contributed by atoms with van der Waals surface area (Å²) >= 11 is 7.57. The Balaban J connectivity index is 1.49. The maximum Gasteiger partial charge on any atom is 0.338 e. The second-order valence-electron chi connectivity index (χ2n) is 8.56. The summed E-state index contributed by atoms with van der Waals surface area (Å²) in [5.41, 5.74) is 2.81. The summed E-state index contributed by atoms with van der Waals surface area (Å²) in [7, 11) is 0. The smallest absolute Gasteiger partial charge is 0.338 e. The molecule has 2 aliphatic rings.